The van der Waals surface area contributed by atoms with Crippen molar-refractivity contribution >= 4 is 55.2 Å². The van der Waals surface area contributed by atoms with E-state index in [4.69, 9.17) is 30.0 Å². The maximum atomic E-state index is 12.2. The van der Waals surface area contributed by atoms with E-state index in [2.05, 4.69) is 0 Å². The number of carboxylic acids is 3. The van der Waals surface area contributed by atoms with Crippen LogP contribution in [0.1, 0.15) is 142 Å². The van der Waals surface area contributed by atoms with Crippen molar-refractivity contribution in [1.29, 1.82) is 0 Å². The highest BCUT2D eigenvalue weighted by atomic mass is 16.4. The van der Waals surface area contributed by atoms with E-state index in [-0.39, 0.29) is 104 Å². The summed E-state index contributed by atoms with van der Waals surface area (Å²) in [6.45, 7) is 0. The van der Waals surface area contributed by atoms with Gasteiger partial charge in [0, 0.05) is 70.7 Å². The van der Waals surface area contributed by atoms with Crippen LogP contribution in [-0.2, 0) is 0 Å². The number of phenolic OH excluding ortho intramolecular Hbond substituents is 3. The van der Waals surface area contributed by atoms with Crippen molar-refractivity contribution < 1.29 is 45.0 Å². The second-order valence-corrected chi connectivity index (χ2v) is 15.9. The molecule has 0 radical (unpaired) electrons. The molecule has 0 saturated heterocycles. The maximum Gasteiger partial charge on any atom is 0.335 e. The van der Waals surface area contributed by atoms with Gasteiger partial charge in [-0.15, -0.1) is 0 Å². The molecule has 4 aliphatic rings. The van der Waals surface area contributed by atoms with E-state index in [0.717, 1.165) is 38.5 Å². The van der Waals surface area contributed by atoms with Crippen LogP contribution in [0.2, 0.25) is 0 Å². The Balaban J connectivity index is 1.34. The van der Waals surface area contributed by atoms with Gasteiger partial charge in [0.25, 0.3) is 0 Å². The van der Waals surface area contributed by atoms with Gasteiger partial charge in [0.05, 0.1) is 52.9 Å². The molecular formula is C45H48N6O9. The number of hydrogen-bond acceptors (Lipinski definition) is 12. The van der Waals surface area contributed by atoms with Crippen molar-refractivity contribution in [3.63, 3.8) is 0 Å². The summed E-state index contributed by atoms with van der Waals surface area (Å²) in [5.41, 5.74) is 0.889. The Morgan fingerprint density at radius 1 is 0.350 bits per heavy atom. The molecule has 6 N–H and O–H groups in total. The maximum absolute atomic E-state index is 12.2. The molecule has 15 heteroatoms. The van der Waals surface area contributed by atoms with E-state index in [1.807, 2.05) is 0 Å². The fraction of sp³-hybridized carbons (Fsp3) is 0.400. The molecule has 1 aliphatic heterocycles. The molecule has 7 rings (SSSR count). The monoisotopic (exact) mass is 816 g/mol. The fourth-order valence-electron chi connectivity index (χ4n) is 8.38. The number of phenols is 3. The van der Waals surface area contributed by atoms with Crippen LogP contribution in [-0.4, -0.2) is 122 Å². The summed E-state index contributed by atoms with van der Waals surface area (Å²) >= 11 is 0. The number of carboxylic acid groups (broad SMARTS) is 3. The second kappa shape index (κ2) is 18.6. The van der Waals surface area contributed by atoms with Crippen LogP contribution >= 0.6 is 0 Å². The molecule has 1 heterocycles. The van der Waals surface area contributed by atoms with Crippen LogP contribution in [0.3, 0.4) is 0 Å². The first kappa shape index (κ1) is 41.6. The van der Waals surface area contributed by atoms with Crippen LogP contribution < -0.4 is 0 Å². The minimum Gasteiger partial charge on any atom is -0.507 e. The van der Waals surface area contributed by atoms with Crippen molar-refractivity contribution in [3.8, 4) is 17.2 Å². The third-order valence-corrected chi connectivity index (χ3v) is 11.8. The van der Waals surface area contributed by atoms with Crippen molar-refractivity contribution in [1.82, 2.24) is 0 Å². The first-order valence-electron chi connectivity index (χ1n) is 20.4. The van der Waals surface area contributed by atoms with E-state index < -0.39 is 17.9 Å². The standard InChI is InChI=1S/C45H48N6O9/c52-40-28-13-25(43(55)56)15-30(40)21-48-36-9-3-4-10-37(36)50-23-32-17-27(45(59)60)18-33(42(32)54)24-51-39-12-6-5-11-38(39)49-22-31-16-26(44(57)58)14-29(41(31)53)20-47-35-8-2-1-7-34(35)46-19-28/h13-24,34-39,52-54H,1-12H2,(H,55,56)(H,57,58)(H,59,60)/t34-,35-,36-,37-,38-,39-/m1/s1. The molecule has 0 spiro atoms. The van der Waals surface area contributed by atoms with Gasteiger partial charge in [0.2, 0.25) is 0 Å². The molecule has 3 aliphatic carbocycles. The third-order valence-electron chi connectivity index (χ3n) is 11.8. The average molecular weight is 817 g/mol. The second-order valence-electron chi connectivity index (χ2n) is 15.9. The predicted molar refractivity (Wildman–Crippen MR) is 229 cm³/mol. The van der Waals surface area contributed by atoms with Crippen LogP contribution in [0.15, 0.2) is 66.4 Å². The molecule has 0 unspecified atom stereocenters. The normalized spacial score (nSPS) is 24.4. The topological polar surface area (TPSA) is 247 Å². The fourth-order valence-corrected chi connectivity index (χ4v) is 8.38. The number of aliphatic imine (C=N–C) groups is 6. The predicted octanol–water partition coefficient (Wildman–Crippen LogP) is 6.76. The largest absolute Gasteiger partial charge is 0.507 e. The lowest BCUT2D eigenvalue weighted by Gasteiger charge is -2.26. The zero-order chi connectivity index (χ0) is 42.3. The smallest absolute Gasteiger partial charge is 0.335 e. The van der Waals surface area contributed by atoms with Crippen molar-refractivity contribution in [2.75, 3.05) is 0 Å². The van der Waals surface area contributed by atoms with Crippen LogP contribution in [0.5, 0.6) is 17.2 Å². The Labute approximate surface area is 346 Å². The Kier molecular flexibility index (Phi) is 12.9. The SMILES string of the molecule is O=C(O)c1cc2c(O)c(c1)C=N[C@@H]1CCCC[C@H]1N=Cc1cc(C(=O)O)cc(c1O)C=N[C@@H]1CCCC[C@H]1N=Cc1cc(C(=O)O)cc(c1O)C=N[C@@H]1CCCC[C@H]1N=C2. The summed E-state index contributed by atoms with van der Waals surface area (Å²) < 4.78 is 0. The van der Waals surface area contributed by atoms with Crippen LogP contribution in [0.4, 0.5) is 0 Å². The molecule has 3 aromatic rings. The van der Waals surface area contributed by atoms with Gasteiger partial charge in [-0.25, -0.2) is 14.4 Å². The molecule has 6 atom stereocenters. The lowest BCUT2D eigenvalue weighted by Crippen LogP contribution is -2.27. The molecule has 15 nitrogen and oxygen atoms in total. The van der Waals surface area contributed by atoms with Crippen molar-refractivity contribution in [2.24, 2.45) is 30.0 Å². The minimum absolute atomic E-state index is 0.0726. The van der Waals surface area contributed by atoms with Gasteiger partial charge in [0.1, 0.15) is 17.2 Å². The van der Waals surface area contributed by atoms with E-state index in [1.54, 1.807) is 0 Å². The number of carbonyl (C=O) groups is 3. The summed E-state index contributed by atoms with van der Waals surface area (Å²) in [5.74, 6) is -4.21. The summed E-state index contributed by atoms with van der Waals surface area (Å²) in [6.07, 6.45) is 17.9. The Morgan fingerprint density at radius 2 is 0.517 bits per heavy atom. The molecule has 3 aromatic carbocycles. The molecule has 3 saturated carbocycles. The van der Waals surface area contributed by atoms with Gasteiger partial charge in [0.15, 0.2) is 0 Å². The van der Waals surface area contributed by atoms with Gasteiger partial charge < -0.3 is 30.6 Å². The van der Waals surface area contributed by atoms with Crippen LogP contribution in [0, 0.1) is 0 Å². The highest BCUT2D eigenvalue weighted by Gasteiger charge is 2.27. The molecule has 0 amide bonds. The zero-order valence-corrected chi connectivity index (χ0v) is 33.0. The van der Waals surface area contributed by atoms with E-state index in [0.29, 0.717) is 38.5 Å². The Hall–Kier alpha value is -6.51. The van der Waals surface area contributed by atoms with Crippen molar-refractivity contribution in [2.45, 2.75) is 113 Å². The number of aromatic hydroxyl groups is 3. The average Bonchev–Trinajstić information content (AvgIpc) is 3.24. The zero-order valence-electron chi connectivity index (χ0n) is 33.0. The molecule has 0 aromatic heterocycles. The van der Waals surface area contributed by atoms with Crippen LogP contribution in [0.25, 0.3) is 0 Å². The van der Waals surface area contributed by atoms with Gasteiger partial charge in [-0.3, -0.25) is 30.0 Å². The molecule has 312 valence electrons. The Morgan fingerprint density at radius 3 is 0.667 bits per heavy atom. The van der Waals surface area contributed by atoms with Gasteiger partial charge in [-0.1, -0.05) is 38.5 Å². The quantitative estimate of drug-likeness (QED) is 0.163. The van der Waals surface area contributed by atoms with E-state index in [1.165, 1.54) is 73.7 Å². The van der Waals surface area contributed by atoms with Gasteiger partial charge in [-0.2, -0.15) is 0 Å². The first-order chi connectivity index (χ1) is 28.9. The van der Waals surface area contributed by atoms with E-state index in [9.17, 15) is 45.0 Å². The number of nitrogens with zero attached hydrogens (tertiary/aromatic N) is 6. The number of fused-ring (bicyclic) bond motifs is 9. The van der Waals surface area contributed by atoms with Gasteiger partial charge >= 0.3 is 17.9 Å². The number of rotatable bonds is 3. The first-order valence-corrected chi connectivity index (χ1v) is 20.4. The number of hydrogen-bond donors (Lipinski definition) is 6. The third kappa shape index (κ3) is 9.67. The summed E-state index contributed by atoms with van der Waals surface area (Å²) in [6, 6.07) is 6.00. The lowest BCUT2D eigenvalue weighted by molar-refractivity contribution is 0.0686. The van der Waals surface area contributed by atoms with Gasteiger partial charge in [-0.05, 0) is 74.9 Å². The number of aromatic carboxylic acids is 3. The highest BCUT2D eigenvalue weighted by molar-refractivity contribution is 6.00. The minimum atomic E-state index is -1.20. The molecular weight excluding hydrogens is 769 g/mol. The van der Waals surface area contributed by atoms with Crippen molar-refractivity contribution in [3.05, 3.63) is 86.5 Å². The lowest BCUT2D eigenvalue weighted by atomic mass is 9.91. The number of benzene rings is 3. The Bertz CT molecular complexity index is 1950. The summed E-state index contributed by atoms with van der Waals surface area (Å²) in [4.78, 5) is 65.3. The highest BCUT2D eigenvalue weighted by Crippen LogP contribution is 2.31. The summed E-state index contributed by atoms with van der Waals surface area (Å²) in [7, 11) is 0. The molecule has 60 heavy (non-hydrogen) atoms. The summed E-state index contributed by atoms with van der Waals surface area (Å²) in [5, 5.41) is 64.1. The molecule has 6 bridgehead atoms. The van der Waals surface area contributed by atoms with E-state index >= 15 is 0 Å². The molecule has 3 fully saturated rings.